The van der Waals surface area contributed by atoms with E-state index in [4.69, 9.17) is 23.8 Å². The normalized spacial score (nSPS) is 10.7. The number of amides is 2. The lowest BCUT2D eigenvalue weighted by Crippen LogP contribution is -2.43. The zero-order valence-electron chi connectivity index (χ0n) is 16.3. The molecular weight excluding hydrogens is 473 g/mol. The fourth-order valence-corrected chi connectivity index (χ4v) is 4.11. The number of thiophene rings is 1. The highest BCUT2D eigenvalue weighted by Crippen LogP contribution is 2.28. The molecule has 0 aliphatic carbocycles. The average Bonchev–Trinajstić information content (AvgIpc) is 3.41. The van der Waals surface area contributed by atoms with Crippen LogP contribution in [-0.2, 0) is 11.3 Å². The monoisotopic (exact) mass is 487 g/mol. The Morgan fingerprint density at radius 1 is 1.03 bits per heavy atom. The van der Waals surface area contributed by atoms with E-state index >= 15 is 0 Å². The molecule has 3 N–H and O–H groups in total. The van der Waals surface area contributed by atoms with Crippen LogP contribution in [0.2, 0.25) is 5.02 Å². The van der Waals surface area contributed by atoms with Crippen LogP contribution in [0.25, 0.3) is 21.8 Å². The number of carbonyl (C=O) groups excluding carboxylic acids is 2. The molecule has 0 saturated carbocycles. The van der Waals surface area contributed by atoms with Gasteiger partial charge in [-0.15, -0.1) is 11.3 Å². The molecule has 2 heterocycles. The van der Waals surface area contributed by atoms with E-state index < -0.39 is 11.8 Å². The molecule has 4 aromatic rings. The van der Waals surface area contributed by atoms with Gasteiger partial charge in [0.05, 0.1) is 4.88 Å². The summed E-state index contributed by atoms with van der Waals surface area (Å²) < 4.78 is 14.9. The SMILES string of the molecule is O=C(Cn1c(-c2ccc(Cl)cc2)n[nH]c1=S)NNC(=O)c1ccc(-c2ccc(F)cc2)s1. The van der Waals surface area contributed by atoms with E-state index in [0.29, 0.717) is 15.7 Å². The Bertz CT molecular complexity index is 1330. The smallest absolute Gasteiger partial charge is 0.279 e. The first-order valence-electron chi connectivity index (χ1n) is 9.27. The first kappa shape index (κ1) is 21.9. The minimum atomic E-state index is -0.485. The van der Waals surface area contributed by atoms with E-state index in [0.717, 1.165) is 16.0 Å². The molecule has 162 valence electrons. The Morgan fingerprint density at radius 3 is 2.44 bits per heavy atom. The van der Waals surface area contributed by atoms with Crippen molar-refractivity contribution in [1.29, 1.82) is 0 Å². The number of aromatic amines is 1. The largest absolute Gasteiger partial charge is 0.291 e. The van der Waals surface area contributed by atoms with Gasteiger partial charge in [0, 0.05) is 15.5 Å². The number of hydrogen-bond donors (Lipinski definition) is 3. The van der Waals surface area contributed by atoms with Crippen LogP contribution in [0.3, 0.4) is 0 Å². The summed E-state index contributed by atoms with van der Waals surface area (Å²) in [5.41, 5.74) is 6.29. The van der Waals surface area contributed by atoms with E-state index in [9.17, 15) is 14.0 Å². The van der Waals surface area contributed by atoms with Gasteiger partial charge in [0.1, 0.15) is 12.4 Å². The summed E-state index contributed by atoms with van der Waals surface area (Å²) in [6.45, 7) is -0.154. The standard InChI is InChI=1S/C21H15ClFN5O2S2/c22-14-5-1-13(2-6-14)19-25-27-21(31)28(19)11-18(29)24-26-20(30)17-10-9-16(32-17)12-3-7-15(23)8-4-12/h1-10H,11H2,(H,24,29)(H,26,30)(H,27,31). The Hall–Kier alpha value is -3.34. The number of hydrazine groups is 1. The summed E-state index contributed by atoms with van der Waals surface area (Å²) in [5.74, 6) is -0.815. The second kappa shape index (κ2) is 9.43. The molecule has 7 nitrogen and oxygen atoms in total. The molecule has 2 aromatic carbocycles. The molecule has 32 heavy (non-hydrogen) atoms. The molecule has 2 amide bonds. The Labute approximate surface area is 195 Å². The van der Waals surface area contributed by atoms with Gasteiger partial charge in [0.15, 0.2) is 10.6 Å². The number of aromatic nitrogens is 3. The lowest BCUT2D eigenvalue weighted by atomic mass is 10.2. The molecule has 0 spiro atoms. The highest BCUT2D eigenvalue weighted by Gasteiger charge is 2.15. The molecule has 0 aliphatic rings. The summed E-state index contributed by atoms with van der Waals surface area (Å²) >= 11 is 12.4. The number of H-pyrrole nitrogens is 1. The molecule has 0 bridgehead atoms. The van der Waals surface area contributed by atoms with Crippen molar-refractivity contribution < 1.29 is 14.0 Å². The number of benzene rings is 2. The topological polar surface area (TPSA) is 91.8 Å². The summed E-state index contributed by atoms with van der Waals surface area (Å²) in [6.07, 6.45) is 0. The fraction of sp³-hybridized carbons (Fsp3) is 0.0476. The molecule has 4 rings (SSSR count). The molecule has 0 fully saturated rings. The van der Waals surface area contributed by atoms with Crippen molar-refractivity contribution in [3.8, 4) is 21.8 Å². The molecule has 0 radical (unpaired) electrons. The van der Waals surface area contributed by atoms with Crippen molar-refractivity contribution in [3.63, 3.8) is 0 Å². The van der Waals surface area contributed by atoms with Gasteiger partial charge in [-0.3, -0.25) is 30.1 Å². The number of rotatable bonds is 5. The number of hydrogen-bond acceptors (Lipinski definition) is 5. The lowest BCUT2D eigenvalue weighted by molar-refractivity contribution is -0.122. The molecule has 0 atom stereocenters. The van der Waals surface area contributed by atoms with Crippen molar-refractivity contribution >= 4 is 47.0 Å². The van der Waals surface area contributed by atoms with Crippen LogP contribution in [0.15, 0.2) is 60.7 Å². The second-order valence-corrected chi connectivity index (χ2v) is 8.53. The molecule has 0 aliphatic heterocycles. The molecule has 2 aromatic heterocycles. The van der Waals surface area contributed by atoms with Crippen LogP contribution in [0.4, 0.5) is 4.39 Å². The summed E-state index contributed by atoms with van der Waals surface area (Å²) in [7, 11) is 0. The Morgan fingerprint density at radius 2 is 1.72 bits per heavy atom. The van der Waals surface area contributed by atoms with Gasteiger partial charge >= 0.3 is 0 Å². The zero-order valence-corrected chi connectivity index (χ0v) is 18.7. The van der Waals surface area contributed by atoms with Gasteiger partial charge in [-0.1, -0.05) is 23.7 Å². The Balaban J connectivity index is 1.39. The summed E-state index contributed by atoms with van der Waals surface area (Å²) in [5, 5.41) is 7.40. The number of carbonyl (C=O) groups is 2. The maximum atomic E-state index is 13.1. The van der Waals surface area contributed by atoms with Crippen molar-refractivity contribution in [2.75, 3.05) is 0 Å². The molecule has 0 saturated heterocycles. The van der Waals surface area contributed by atoms with Crippen molar-refractivity contribution in [3.05, 3.63) is 81.2 Å². The summed E-state index contributed by atoms with van der Waals surface area (Å²) in [4.78, 5) is 26.0. The quantitative estimate of drug-likeness (QED) is 0.283. The fourth-order valence-electron chi connectivity index (χ4n) is 2.88. The number of nitrogens with one attached hydrogen (secondary N) is 3. The maximum Gasteiger partial charge on any atom is 0.279 e. The van der Waals surface area contributed by atoms with Gasteiger partial charge in [-0.25, -0.2) is 4.39 Å². The van der Waals surface area contributed by atoms with E-state index in [1.807, 2.05) is 0 Å². The third kappa shape index (κ3) is 4.93. The second-order valence-electron chi connectivity index (χ2n) is 6.62. The van der Waals surface area contributed by atoms with E-state index in [1.54, 1.807) is 48.5 Å². The first-order chi connectivity index (χ1) is 15.4. The van der Waals surface area contributed by atoms with Crippen LogP contribution < -0.4 is 10.9 Å². The van der Waals surface area contributed by atoms with E-state index in [-0.39, 0.29) is 17.1 Å². The van der Waals surface area contributed by atoms with Gasteiger partial charge in [0.2, 0.25) is 0 Å². The predicted molar refractivity (Wildman–Crippen MR) is 123 cm³/mol. The number of halogens is 2. The molecular formula is C21H15ClFN5O2S2. The molecule has 11 heteroatoms. The van der Waals surface area contributed by atoms with Gasteiger partial charge in [0.25, 0.3) is 11.8 Å². The minimum absolute atomic E-state index is 0.154. The van der Waals surface area contributed by atoms with Crippen molar-refractivity contribution in [1.82, 2.24) is 25.6 Å². The maximum absolute atomic E-state index is 13.1. The predicted octanol–water partition coefficient (Wildman–Crippen LogP) is 4.59. The zero-order chi connectivity index (χ0) is 22.7. The van der Waals surface area contributed by atoms with Crippen LogP contribution in [0.5, 0.6) is 0 Å². The highest BCUT2D eigenvalue weighted by molar-refractivity contribution is 7.71. The van der Waals surface area contributed by atoms with Gasteiger partial charge in [-0.05, 0) is 66.3 Å². The average molecular weight is 488 g/mol. The van der Waals surface area contributed by atoms with Gasteiger partial charge < -0.3 is 0 Å². The van der Waals surface area contributed by atoms with Gasteiger partial charge in [-0.2, -0.15) is 5.10 Å². The summed E-state index contributed by atoms with van der Waals surface area (Å²) in [6, 6.07) is 16.3. The van der Waals surface area contributed by atoms with E-state index in [2.05, 4.69) is 21.0 Å². The lowest BCUT2D eigenvalue weighted by Gasteiger charge is -2.09. The third-order valence-corrected chi connectivity index (χ3v) is 6.13. The minimum Gasteiger partial charge on any atom is -0.291 e. The van der Waals surface area contributed by atoms with Crippen LogP contribution in [0.1, 0.15) is 9.67 Å². The highest BCUT2D eigenvalue weighted by atomic mass is 35.5. The van der Waals surface area contributed by atoms with Crippen LogP contribution in [-0.4, -0.2) is 26.6 Å². The number of nitrogens with zero attached hydrogens (tertiary/aromatic N) is 2. The third-order valence-electron chi connectivity index (χ3n) is 4.44. The Kier molecular flexibility index (Phi) is 6.45. The first-order valence-corrected chi connectivity index (χ1v) is 10.9. The van der Waals surface area contributed by atoms with Crippen molar-refractivity contribution in [2.24, 2.45) is 0 Å². The van der Waals surface area contributed by atoms with Crippen molar-refractivity contribution in [2.45, 2.75) is 6.54 Å². The molecule has 0 unspecified atom stereocenters. The van der Waals surface area contributed by atoms with E-state index in [1.165, 1.54) is 28.0 Å². The van der Waals surface area contributed by atoms with Crippen LogP contribution >= 0.6 is 35.2 Å². The van der Waals surface area contributed by atoms with Crippen LogP contribution in [0, 0.1) is 10.6 Å².